The second kappa shape index (κ2) is 5.26. The lowest BCUT2D eigenvalue weighted by atomic mass is 10.4. The fourth-order valence-electron chi connectivity index (χ4n) is 2.23. The van der Waals surface area contributed by atoms with Gasteiger partial charge in [-0.1, -0.05) is 0 Å². The summed E-state index contributed by atoms with van der Waals surface area (Å²) >= 11 is 1.53. The number of furan rings is 1. The SMILES string of the molecule is CCOC(=O)c1ccc(CN2Cc3nc(N)sc3C2)o1. The Hall–Kier alpha value is -1.86. The van der Waals surface area contributed by atoms with Crippen LogP contribution in [0.4, 0.5) is 5.13 Å². The lowest BCUT2D eigenvalue weighted by Gasteiger charge is -2.12. The zero-order valence-electron chi connectivity index (χ0n) is 11.1. The highest BCUT2D eigenvalue weighted by Gasteiger charge is 2.24. The van der Waals surface area contributed by atoms with Gasteiger partial charge in [0.2, 0.25) is 5.76 Å². The molecule has 106 valence electrons. The molecule has 2 aromatic heterocycles. The first-order valence-corrected chi connectivity index (χ1v) is 7.19. The van der Waals surface area contributed by atoms with Crippen molar-refractivity contribution < 1.29 is 13.9 Å². The molecule has 0 aliphatic carbocycles. The predicted molar refractivity (Wildman–Crippen MR) is 74.1 cm³/mol. The lowest BCUT2D eigenvalue weighted by Crippen LogP contribution is -2.15. The largest absolute Gasteiger partial charge is 0.460 e. The summed E-state index contributed by atoms with van der Waals surface area (Å²) in [6.07, 6.45) is 0. The molecular formula is C13H15N3O3S. The van der Waals surface area contributed by atoms with E-state index in [4.69, 9.17) is 14.9 Å². The number of nitrogens with two attached hydrogens (primary N) is 1. The Morgan fingerprint density at radius 2 is 2.40 bits per heavy atom. The van der Waals surface area contributed by atoms with Crippen LogP contribution in [-0.4, -0.2) is 22.5 Å². The number of anilines is 1. The molecule has 0 aromatic carbocycles. The van der Waals surface area contributed by atoms with Gasteiger partial charge in [0.05, 0.1) is 18.8 Å². The molecule has 0 radical (unpaired) electrons. The van der Waals surface area contributed by atoms with Gasteiger partial charge in [0.1, 0.15) is 5.76 Å². The molecular weight excluding hydrogens is 278 g/mol. The maximum Gasteiger partial charge on any atom is 0.374 e. The van der Waals surface area contributed by atoms with Crippen molar-refractivity contribution in [2.45, 2.75) is 26.6 Å². The van der Waals surface area contributed by atoms with Crippen molar-refractivity contribution in [1.29, 1.82) is 0 Å². The van der Waals surface area contributed by atoms with E-state index in [1.165, 1.54) is 16.2 Å². The minimum absolute atomic E-state index is 0.248. The van der Waals surface area contributed by atoms with Crippen molar-refractivity contribution in [3.8, 4) is 0 Å². The smallest absolute Gasteiger partial charge is 0.374 e. The summed E-state index contributed by atoms with van der Waals surface area (Å²) in [7, 11) is 0. The summed E-state index contributed by atoms with van der Waals surface area (Å²) in [6.45, 7) is 4.33. The van der Waals surface area contributed by atoms with Crippen LogP contribution >= 0.6 is 11.3 Å². The monoisotopic (exact) mass is 293 g/mol. The van der Waals surface area contributed by atoms with E-state index >= 15 is 0 Å². The predicted octanol–water partition coefficient (Wildman–Crippen LogP) is 2.01. The normalized spacial score (nSPS) is 14.4. The highest BCUT2D eigenvalue weighted by atomic mass is 32.1. The molecule has 0 atom stereocenters. The quantitative estimate of drug-likeness (QED) is 0.868. The third-order valence-corrected chi connectivity index (χ3v) is 3.96. The molecule has 7 heteroatoms. The topological polar surface area (TPSA) is 81.6 Å². The zero-order chi connectivity index (χ0) is 14.1. The van der Waals surface area contributed by atoms with Crippen LogP contribution in [0.3, 0.4) is 0 Å². The Morgan fingerprint density at radius 1 is 1.55 bits per heavy atom. The van der Waals surface area contributed by atoms with Crippen LogP contribution in [0.2, 0.25) is 0 Å². The molecule has 2 N–H and O–H groups in total. The van der Waals surface area contributed by atoms with Gasteiger partial charge in [-0.05, 0) is 19.1 Å². The van der Waals surface area contributed by atoms with Crippen LogP contribution in [0.5, 0.6) is 0 Å². The second-order valence-corrected chi connectivity index (χ2v) is 5.67. The van der Waals surface area contributed by atoms with E-state index in [2.05, 4.69) is 9.88 Å². The summed E-state index contributed by atoms with van der Waals surface area (Å²) in [5.41, 5.74) is 6.72. The van der Waals surface area contributed by atoms with Gasteiger partial charge >= 0.3 is 5.97 Å². The first-order chi connectivity index (χ1) is 9.65. The molecule has 0 spiro atoms. The maximum absolute atomic E-state index is 11.5. The zero-order valence-corrected chi connectivity index (χ0v) is 11.9. The van der Waals surface area contributed by atoms with E-state index in [0.29, 0.717) is 18.3 Å². The van der Waals surface area contributed by atoms with Gasteiger partial charge < -0.3 is 14.9 Å². The van der Waals surface area contributed by atoms with Gasteiger partial charge in [0.15, 0.2) is 5.13 Å². The number of fused-ring (bicyclic) bond motifs is 1. The number of esters is 1. The molecule has 0 amide bonds. The summed E-state index contributed by atoms with van der Waals surface area (Å²) in [4.78, 5) is 19.2. The second-order valence-electron chi connectivity index (χ2n) is 4.55. The van der Waals surface area contributed by atoms with Crippen molar-refractivity contribution in [2.75, 3.05) is 12.3 Å². The standard InChI is InChI=1S/C13H15N3O3S/c1-2-18-12(17)10-4-3-8(19-10)5-16-6-9-11(7-16)20-13(14)15-9/h3-4H,2,5-7H2,1H3,(H2,14,15). The van der Waals surface area contributed by atoms with Crippen LogP contribution in [0.1, 0.15) is 33.8 Å². The van der Waals surface area contributed by atoms with Gasteiger partial charge in [-0.2, -0.15) is 0 Å². The van der Waals surface area contributed by atoms with Gasteiger partial charge in [-0.15, -0.1) is 11.3 Å². The molecule has 3 heterocycles. The average Bonchev–Trinajstić information content (AvgIpc) is 3.04. The maximum atomic E-state index is 11.5. The summed E-state index contributed by atoms with van der Waals surface area (Å²) < 4.78 is 10.4. The highest BCUT2D eigenvalue weighted by Crippen LogP contribution is 2.30. The molecule has 3 rings (SSSR count). The molecule has 0 saturated carbocycles. The van der Waals surface area contributed by atoms with Crippen LogP contribution in [0.25, 0.3) is 0 Å². The number of carbonyl (C=O) groups is 1. The Labute approximate surface area is 120 Å². The Balaban J connectivity index is 1.62. The van der Waals surface area contributed by atoms with Gasteiger partial charge in [-0.25, -0.2) is 9.78 Å². The van der Waals surface area contributed by atoms with Crippen molar-refractivity contribution >= 4 is 22.4 Å². The van der Waals surface area contributed by atoms with Crippen LogP contribution in [0, 0.1) is 0 Å². The minimum Gasteiger partial charge on any atom is -0.460 e. The Morgan fingerprint density at radius 3 is 3.15 bits per heavy atom. The van der Waals surface area contributed by atoms with Crippen LogP contribution in [0.15, 0.2) is 16.5 Å². The van der Waals surface area contributed by atoms with Gasteiger partial charge in [-0.3, -0.25) is 4.90 Å². The van der Waals surface area contributed by atoms with Gasteiger partial charge in [0, 0.05) is 18.0 Å². The van der Waals surface area contributed by atoms with Crippen molar-refractivity contribution in [2.24, 2.45) is 0 Å². The summed E-state index contributed by atoms with van der Waals surface area (Å²) in [5.74, 6) is 0.572. The van der Waals surface area contributed by atoms with Crippen LogP contribution in [-0.2, 0) is 24.4 Å². The third-order valence-electron chi connectivity index (χ3n) is 3.05. The molecule has 0 saturated heterocycles. The fourth-order valence-corrected chi connectivity index (χ4v) is 3.11. The number of hydrogen-bond acceptors (Lipinski definition) is 7. The van der Waals surface area contributed by atoms with E-state index in [9.17, 15) is 4.79 Å². The van der Waals surface area contributed by atoms with E-state index in [0.717, 1.165) is 24.5 Å². The number of carbonyl (C=O) groups excluding carboxylic acids is 1. The Kier molecular flexibility index (Phi) is 3.45. The molecule has 0 unspecified atom stereocenters. The lowest BCUT2D eigenvalue weighted by molar-refractivity contribution is 0.0486. The number of nitrogen functional groups attached to an aromatic ring is 1. The molecule has 20 heavy (non-hydrogen) atoms. The number of nitrogens with zero attached hydrogens (tertiary/aromatic N) is 2. The molecule has 1 aliphatic rings. The van der Waals surface area contributed by atoms with E-state index in [-0.39, 0.29) is 5.76 Å². The van der Waals surface area contributed by atoms with Crippen molar-refractivity contribution in [1.82, 2.24) is 9.88 Å². The molecule has 0 bridgehead atoms. The summed E-state index contributed by atoms with van der Waals surface area (Å²) in [5, 5.41) is 0.622. The number of thiazole rings is 1. The number of ether oxygens (including phenoxy) is 1. The third kappa shape index (κ3) is 2.54. The van der Waals surface area contributed by atoms with Crippen molar-refractivity contribution in [3.63, 3.8) is 0 Å². The summed E-state index contributed by atoms with van der Waals surface area (Å²) in [6, 6.07) is 3.45. The number of rotatable bonds is 4. The molecule has 0 fully saturated rings. The highest BCUT2D eigenvalue weighted by molar-refractivity contribution is 7.15. The average molecular weight is 293 g/mol. The fraction of sp³-hybridized carbons (Fsp3) is 0.385. The van der Waals surface area contributed by atoms with E-state index in [1.807, 2.05) is 0 Å². The van der Waals surface area contributed by atoms with E-state index < -0.39 is 5.97 Å². The first-order valence-electron chi connectivity index (χ1n) is 6.38. The number of aromatic nitrogens is 1. The van der Waals surface area contributed by atoms with Crippen molar-refractivity contribution in [3.05, 3.63) is 34.2 Å². The Bertz CT molecular complexity index is 611. The number of hydrogen-bond donors (Lipinski definition) is 1. The molecule has 2 aromatic rings. The first kappa shape index (κ1) is 13.1. The molecule has 6 nitrogen and oxygen atoms in total. The minimum atomic E-state index is -0.422. The van der Waals surface area contributed by atoms with E-state index in [1.54, 1.807) is 19.1 Å². The van der Waals surface area contributed by atoms with Crippen LogP contribution < -0.4 is 5.73 Å². The molecule has 1 aliphatic heterocycles. The van der Waals surface area contributed by atoms with Gasteiger partial charge in [0.25, 0.3) is 0 Å².